The summed E-state index contributed by atoms with van der Waals surface area (Å²) in [6, 6.07) is 9.27. The number of benzene rings is 1. The van der Waals surface area contributed by atoms with Gasteiger partial charge in [0, 0.05) is 26.1 Å². The zero-order valence-electron chi connectivity index (χ0n) is 12.2. The molecule has 4 heteroatoms. The molecule has 0 aromatic heterocycles. The van der Waals surface area contributed by atoms with Crippen LogP contribution in [-0.2, 0) is 11.3 Å². The van der Waals surface area contributed by atoms with E-state index in [1.165, 1.54) is 0 Å². The number of carbonyl (C=O) groups excluding carboxylic acids is 1. The van der Waals surface area contributed by atoms with Gasteiger partial charge in [-0.1, -0.05) is 30.3 Å². The Morgan fingerprint density at radius 1 is 1.30 bits per heavy atom. The molecular formula is C16H23N3O. The maximum absolute atomic E-state index is 12.3. The van der Waals surface area contributed by atoms with Gasteiger partial charge in [0.2, 0.25) is 5.91 Å². The van der Waals surface area contributed by atoms with Crippen LogP contribution in [0.5, 0.6) is 0 Å². The van der Waals surface area contributed by atoms with Crippen molar-refractivity contribution in [3.63, 3.8) is 0 Å². The number of hydrogen-bond donors (Lipinski definition) is 1. The summed E-state index contributed by atoms with van der Waals surface area (Å²) in [5, 5.41) is 0. The van der Waals surface area contributed by atoms with Gasteiger partial charge in [-0.3, -0.25) is 4.79 Å². The number of likely N-dealkylation sites (N-methyl/N-ethyl adjacent to an activating group) is 1. The average Bonchev–Trinajstić information content (AvgIpc) is 2.44. The molecule has 0 fully saturated rings. The second kappa shape index (κ2) is 8.36. The smallest absolute Gasteiger partial charge is 0.240 e. The van der Waals surface area contributed by atoms with E-state index in [0.717, 1.165) is 12.1 Å². The summed E-state index contributed by atoms with van der Waals surface area (Å²) in [5.41, 5.74) is 6.93. The fourth-order valence-corrected chi connectivity index (χ4v) is 1.84. The van der Waals surface area contributed by atoms with Crippen molar-refractivity contribution < 1.29 is 4.79 Å². The third-order valence-electron chi connectivity index (χ3n) is 3.00. The molecule has 1 rings (SSSR count). The largest absolute Gasteiger partial charge is 0.336 e. The first kappa shape index (κ1) is 16.2. The minimum atomic E-state index is -0.620. The van der Waals surface area contributed by atoms with Crippen molar-refractivity contribution in [2.75, 3.05) is 27.2 Å². The van der Waals surface area contributed by atoms with Crippen molar-refractivity contribution in [2.45, 2.75) is 19.0 Å². The Bertz CT molecular complexity index is 451. The van der Waals surface area contributed by atoms with Crippen LogP contribution in [0.2, 0.25) is 0 Å². The van der Waals surface area contributed by atoms with Crippen LogP contribution in [0.1, 0.15) is 12.0 Å². The predicted octanol–water partition coefficient (Wildman–Crippen LogP) is 0.927. The van der Waals surface area contributed by atoms with E-state index in [9.17, 15) is 4.79 Å². The standard InChI is InChI=1S/C16H23N3O/c1-4-8-15(17)16(20)19(12-11-18(2)3)13-14-9-6-5-7-10-14/h1,5-7,9-10,15H,8,11-13,17H2,2-3H3. The van der Waals surface area contributed by atoms with Gasteiger partial charge in [0.1, 0.15) is 0 Å². The highest BCUT2D eigenvalue weighted by atomic mass is 16.2. The Kier molecular flexibility index (Phi) is 6.78. The predicted molar refractivity (Wildman–Crippen MR) is 81.8 cm³/mol. The second-order valence-electron chi connectivity index (χ2n) is 5.06. The molecule has 4 nitrogen and oxygen atoms in total. The van der Waals surface area contributed by atoms with Gasteiger partial charge in [0.05, 0.1) is 6.04 Å². The van der Waals surface area contributed by atoms with Gasteiger partial charge in [-0.25, -0.2) is 0 Å². The highest BCUT2D eigenvalue weighted by Crippen LogP contribution is 2.07. The molecule has 1 atom stereocenters. The first-order valence-corrected chi connectivity index (χ1v) is 6.71. The number of nitrogens with two attached hydrogens (primary N) is 1. The summed E-state index contributed by atoms with van der Waals surface area (Å²) in [7, 11) is 3.96. The van der Waals surface area contributed by atoms with E-state index in [1.807, 2.05) is 49.3 Å². The van der Waals surface area contributed by atoms with E-state index < -0.39 is 6.04 Å². The number of hydrogen-bond acceptors (Lipinski definition) is 3. The first-order valence-electron chi connectivity index (χ1n) is 6.71. The van der Waals surface area contributed by atoms with E-state index in [4.69, 9.17) is 12.2 Å². The van der Waals surface area contributed by atoms with Gasteiger partial charge in [-0.2, -0.15) is 0 Å². The van der Waals surface area contributed by atoms with E-state index in [2.05, 4.69) is 5.92 Å². The molecule has 108 valence electrons. The number of rotatable bonds is 7. The van der Waals surface area contributed by atoms with Crippen LogP contribution >= 0.6 is 0 Å². The summed E-state index contributed by atoms with van der Waals surface area (Å²) in [6.07, 6.45) is 5.50. The summed E-state index contributed by atoms with van der Waals surface area (Å²) < 4.78 is 0. The maximum Gasteiger partial charge on any atom is 0.240 e. The monoisotopic (exact) mass is 273 g/mol. The van der Waals surface area contributed by atoms with Gasteiger partial charge in [-0.15, -0.1) is 12.3 Å². The summed E-state index contributed by atoms with van der Waals surface area (Å²) in [5.74, 6) is 2.36. The quantitative estimate of drug-likeness (QED) is 0.752. The lowest BCUT2D eigenvalue weighted by Gasteiger charge is -2.26. The van der Waals surface area contributed by atoms with E-state index in [0.29, 0.717) is 13.1 Å². The SMILES string of the molecule is C#CCC(N)C(=O)N(CCN(C)C)Cc1ccccc1. The maximum atomic E-state index is 12.3. The fraction of sp³-hybridized carbons (Fsp3) is 0.438. The molecule has 20 heavy (non-hydrogen) atoms. The van der Waals surface area contributed by atoms with Crippen molar-refractivity contribution in [3.8, 4) is 12.3 Å². The van der Waals surface area contributed by atoms with Crippen molar-refractivity contribution in [2.24, 2.45) is 5.73 Å². The molecular weight excluding hydrogens is 250 g/mol. The molecule has 2 N–H and O–H groups in total. The molecule has 0 radical (unpaired) electrons. The molecule has 0 saturated heterocycles. The summed E-state index contributed by atoms with van der Waals surface area (Å²) >= 11 is 0. The minimum absolute atomic E-state index is 0.0892. The molecule has 0 aliphatic rings. The molecule has 0 saturated carbocycles. The third kappa shape index (κ3) is 5.43. The van der Waals surface area contributed by atoms with Gasteiger partial charge < -0.3 is 15.5 Å². The van der Waals surface area contributed by atoms with E-state index >= 15 is 0 Å². The zero-order chi connectivity index (χ0) is 15.0. The summed E-state index contributed by atoms with van der Waals surface area (Å²) in [4.78, 5) is 16.2. The lowest BCUT2D eigenvalue weighted by molar-refractivity contribution is -0.133. The van der Waals surface area contributed by atoms with E-state index in [1.54, 1.807) is 4.90 Å². The molecule has 0 aliphatic carbocycles. The lowest BCUT2D eigenvalue weighted by Crippen LogP contribution is -2.45. The van der Waals surface area contributed by atoms with Gasteiger partial charge in [0.15, 0.2) is 0 Å². The molecule has 1 aromatic carbocycles. The Labute approximate surface area is 121 Å². The Balaban J connectivity index is 2.74. The minimum Gasteiger partial charge on any atom is -0.336 e. The topological polar surface area (TPSA) is 49.6 Å². The molecule has 1 unspecified atom stereocenters. The third-order valence-corrected chi connectivity index (χ3v) is 3.00. The van der Waals surface area contributed by atoms with Crippen molar-refractivity contribution in [1.29, 1.82) is 0 Å². The van der Waals surface area contributed by atoms with Crippen LogP contribution in [-0.4, -0.2) is 48.9 Å². The van der Waals surface area contributed by atoms with Crippen LogP contribution in [0.4, 0.5) is 0 Å². The number of nitrogens with zero attached hydrogens (tertiary/aromatic N) is 2. The molecule has 0 heterocycles. The Hall–Kier alpha value is -1.83. The molecule has 0 spiro atoms. The first-order chi connectivity index (χ1) is 9.54. The Morgan fingerprint density at radius 3 is 2.50 bits per heavy atom. The normalized spacial score (nSPS) is 11.9. The van der Waals surface area contributed by atoms with Crippen LogP contribution < -0.4 is 5.73 Å². The van der Waals surface area contributed by atoms with Crippen LogP contribution in [0.25, 0.3) is 0 Å². The van der Waals surface area contributed by atoms with Crippen molar-refractivity contribution in [1.82, 2.24) is 9.80 Å². The van der Waals surface area contributed by atoms with Gasteiger partial charge in [-0.05, 0) is 19.7 Å². The van der Waals surface area contributed by atoms with Crippen LogP contribution in [0.15, 0.2) is 30.3 Å². The Morgan fingerprint density at radius 2 is 1.95 bits per heavy atom. The van der Waals surface area contributed by atoms with Crippen molar-refractivity contribution in [3.05, 3.63) is 35.9 Å². The fourth-order valence-electron chi connectivity index (χ4n) is 1.84. The van der Waals surface area contributed by atoms with Crippen molar-refractivity contribution >= 4 is 5.91 Å². The highest BCUT2D eigenvalue weighted by molar-refractivity contribution is 5.82. The molecule has 0 bridgehead atoms. The second-order valence-corrected chi connectivity index (χ2v) is 5.06. The number of amides is 1. The van der Waals surface area contributed by atoms with Crippen LogP contribution in [0.3, 0.4) is 0 Å². The average molecular weight is 273 g/mol. The number of carbonyl (C=O) groups is 1. The molecule has 0 aliphatic heterocycles. The van der Waals surface area contributed by atoms with E-state index in [-0.39, 0.29) is 12.3 Å². The zero-order valence-corrected chi connectivity index (χ0v) is 12.2. The van der Waals surface area contributed by atoms with Gasteiger partial charge >= 0.3 is 0 Å². The highest BCUT2D eigenvalue weighted by Gasteiger charge is 2.20. The summed E-state index contributed by atoms with van der Waals surface area (Å²) in [6.45, 7) is 1.99. The number of terminal acetylenes is 1. The molecule has 1 aromatic rings. The lowest BCUT2D eigenvalue weighted by atomic mass is 10.1. The van der Waals surface area contributed by atoms with Gasteiger partial charge in [0.25, 0.3) is 0 Å². The molecule has 1 amide bonds. The van der Waals surface area contributed by atoms with Crippen LogP contribution in [0, 0.1) is 12.3 Å².